The zero-order valence-electron chi connectivity index (χ0n) is 17.1. The Morgan fingerprint density at radius 2 is 2.03 bits per heavy atom. The van der Waals surface area contributed by atoms with Crippen molar-refractivity contribution >= 4 is 23.0 Å². The second kappa shape index (κ2) is 9.85. The molecule has 0 spiro atoms. The summed E-state index contributed by atoms with van der Waals surface area (Å²) in [5.41, 5.74) is 0.416. The predicted octanol–water partition coefficient (Wildman–Crippen LogP) is 3.11. The van der Waals surface area contributed by atoms with Crippen molar-refractivity contribution in [3.8, 4) is 10.6 Å². The Kier molecular flexibility index (Phi) is 6.97. The van der Waals surface area contributed by atoms with E-state index in [4.69, 9.17) is 4.52 Å². The van der Waals surface area contributed by atoms with Gasteiger partial charge >= 0.3 is 0 Å². The molecular weight excluding hydrogens is 402 g/mol. The number of aliphatic hydroxyl groups is 1. The van der Waals surface area contributed by atoms with E-state index >= 15 is 0 Å². The van der Waals surface area contributed by atoms with E-state index in [1.165, 1.54) is 0 Å². The second-order valence-electron chi connectivity index (χ2n) is 8.43. The number of amides is 1. The van der Waals surface area contributed by atoms with Crippen LogP contribution < -0.4 is 5.32 Å². The van der Waals surface area contributed by atoms with E-state index in [2.05, 4.69) is 15.4 Å². The minimum absolute atomic E-state index is 0.0390. The average Bonchev–Trinajstić information content (AvgIpc) is 3.35. The number of carbonyl (C=O) groups is 2. The number of ketones is 1. The van der Waals surface area contributed by atoms with E-state index in [9.17, 15) is 14.7 Å². The minimum atomic E-state index is -0.233. The van der Waals surface area contributed by atoms with Crippen LogP contribution in [0.5, 0.6) is 0 Å². The molecular formula is C22H29N3O4S. The number of hydrogen-bond donors (Lipinski definition) is 2. The summed E-state index contributed by atoms with van der Waals surface area (Å²) in [6.45, 7) is 2.67. The van der Waals surface area contributed by atoms with Crippen LogP contribution in [0.1, 0.15) is 55.4 Å². The molecule has 2 aromatic heterocycles. The molecule has 8 heteroatoms. The summed E-state index contributed by atoms with van der Waals surface area (Å²) in [6.07, 6.45) is 5.69. The molecule has 0 bridgehead atoms. The number of carbonyl (C=O) groups excluding carboxylic acids is 2. The van der Waals surface area contributed by atoms with Gasteiger partial charge in [-0.25, -0.2) is 0 Å². The summed E-state index contributed by atoms with van der Waals surface area (Å²) < 4.78 is 5.28. The Balaban J connectivity index is 1.03. The van der Waals surface area contributed by atoms with Crippen molar-refractivity contribution in [1.82, 2.24) is 15.4 Å². The van der Waals surface area contributed by atoms with Gasteiger partial charge in [0.25, 0.3) is 0 Å². The van der Waals surface area contributed by atoms with E-state index in [-0.39, 0.29) is 29.8 Å². The van der Waals surface area contributed by atoms with Gasteiger partial charge in [0.2, 0.25) is 5.91 Å². The highest BCUT2D eigenvalue weighted by atomic mass is 32.1. The van der Waals surface area contributed by atoms with Crippen molar-refractivity contribution in [1.29, 1.82) is 0 Å². The Labute approximate surface area is 180 Å². The van der Waals surface area contributed by atoms with Crippen LogP contribution >= 0.6 is 11.3 Å². The maximum absolute atomic E-state index is 12.3. The Morgan fingerprint density at radius 1 is 1.23 bits per heavy atom. The first-order chi connectivity index (χ1) is 14.6. The number of unbranched alkanes of at least 4 members (excludes halogenated alkanes) is 3. The van der Waals surface area contributed by atoms with Gasteiger partial charge in [-0.1, -0.05) is 24.1 Å². The first-order valence-corrected chi connectivity index (χ1v) is 11.7. The fourth-order valence-electron chi connectivity index (χ4n) is 3.99. The number of nitrogens with zero attached hydrogens (tertiary/aromatic N) is 2. The van der Waals surface area contributed by atoms with Gasteiger partial charge in [-0.15, -0.1) is 11.3 Å². The Morgan fingerprint density at radius 3 is 2.77 bits per heavy atom. The van der Waals surface area contributed by atoms with Crippen LogP contribution in [0.4, 0.5) is 0 Å². The zero-order chi connectivity index (χ0) is 20.9. The van der Waals surface area contributed by atoms with Crippen molar-refractivity contribution in [2.45, 2.75) is 57.1 Å². The lowest BCUT2D eigenvalue weighted by Gasteiger charge is -2.40. The molecule has 2 N–H and O–H groups in total. The number of hydrogen-bond acceptors (Lipinski definition) is 7. The van der Waals surface area contributed by atoms with Gasteiger partial charge in [0, 0.05) is 31.6 Å². The van der Waals surface area contributed by atoms with E-state index in [0.29, 0.717) is 30.7 Å². The number of aliphatic hydroxyl groups excluding tert-OH is 1. The van der Waals surface area contributed by atoms with E-state index in [1.807, 2.05) is 17.5 Å². The number of aromatic nitrogens is 1. The monoisotopic (exact) mass is 431 g/mol. The molecule has 1 aliphatic heterocycles. The molecule has 1 amide bonds. The lowest BCUT2D eigenvalue weighted by atomic mass is 9.88. The smallest absolute Gasteiger partial charge is 0.225 e. The highest BCUT2D eigenvalue weighted by Crippen LogP contribution is 2.26. The molecule has 2 aromatic rings. The molecule has 0 aromatic carbocycles. The van der Waals surface area contributed by atoms with Crippen LogP contribution in [0.25, 0.3) is 10.6 Å². The molecule has 162 valence electrons. The Hall–Kier alpha value is -2.03. The molecule has 1 aliphatic carbocycles. The van der Waals surface area contributed by atoms with Crippen LogP contribution in [0.3, 0.4) is 0 Å². The van der Waals surface area contributed by atoms with Crippen LogP contribution in [0.2, 0.25) is 0 Å². The van der Waals surface area contributed by atoms with Crippen molar-refractivity contribution in [3.05, 3.63) is 29.3 Å². The lowest BCUT2D eigenvalue weighted by molar-refractivity contribution is -0.132. The van der Waals surface area contributed by atoms with Crippen LogP contribution in [0, 0.1) is 5.92 Å². The van der Waals surface area contributed by atoms with Crippen LogP contribution in [0.15, 0.2) is 28.1 Å². The molecule has 1 saturated carbocycles. The zero-order valence-corrected chi connectivity index (χ0v) is 17.9. The lowest BCUT2D eigenvalue weighted by Crippen LogP contribution is -2.57. The predicted molar refractivity (Wildman–Crippen MR) is 114 cm³/mol. The number of likely N-dealkylation sites (tertiary alicyclic amines) is 1. The summed E-state index contributed by atoms with van der Waals surface area (Å²) in [5.74, 6) is 0.927. The highest BCUT2D eigenvalue weighted by molar-refractivity contribution is 7.13. The molecule has 4 rings (SSSR count). The molecule has 30 heavy (non-hydrogen) atoms. The third kappa shape index (κ3) is 5.36. The number of Topliss-reactive ketones (excluding diaryl/α,β-unsaturated/α-hetero) is 1. The Bertz CT molecular complexity index is 838. The van der Waals surface area contributed by atoms with Crippen molar-refractivity contribution in [3.63, 3.8) is 0 Å². The van der Waals surface area contributed by atoms with Crippen LogP contribution in [-0.4, -0.2) is 58.6 Å². The summed E-state index contributed by atoms with van der Waals surface area (Å²) in [5, 5.41) is 18.2. The van der Waals surface area contributed by atoms with Crippen molar-refractivity contribution in [2.24, 2.45) is 5.92 Å². The molecule has 2 aliphatic rings. The summed E-state index contributed by atoms with van der Waals surface area (Å²) >= 11 is 1.56. The largest absolute Gasteiger partial charge is 0.393 e. The minimum Gasteiger partial charge on any atom is -0.393 e. The standard InChI is InChI=1S/C22H29N3O4S/c26-17-10-16(11-17)23-22(28)15-13-25(14-15)8-4-2-1-3-6-19(27)18-12-20(29-24-18)21-7-5-9-30-21/h5,7,9,12,15-17,26H,1-4,6,8,10-11,13-14H2,(H,23,28). The number of nitrogens with one attached hydrogen (secondary N) is 1. The first kappa shape index (κ1) is 21.2. The third-order valence-electron chi connectivity index (χ3n) is 5.98. The number of rotatable bonds is 11. The molecule has 3 heterocycles. The quantitative estimate of drug-likeness (QED) is 0.419. The maximum Gasteiger partial charge on any atom is 0.225 e. The van der Waals surface area contributed by atoms with Gasteiger partial charge in [-0.05, 0) is 43.7 Å². The normalized spacial score (nSPS) is 21.8. The fraction of sp³-hybridized carbons (Fsp3) is 0.591. The van der Waals surface area contributed by atoms with E-state index < -0.39 is 0 Å². The number of thiophene rings is 1. The summed E-state index contributed by atoms with van der Waals surface area (Å²) in [7, 11) is 0. The fourth-order valence-corrected chi connectivity index (χ4v) is 4.66. The molecule has 0 radical (unpaired) electrons. The SMILES string of the molecule is O=C(CCCCCCN1CC(C(=O)NC2CC(O)C2)C1)c1cc(-c2cccs2)on1. The first-order valence-electron chi connectivity index (χ1n) is 10.8. The third-order valence-corrected chi connectivity index (χ3v) is 6.86. The van der Waals surface area contributed by atoms with E-state index in [1.54, 1.807) is 17.4 Å². The summed E-state index contributed by atoms with van der Waals surface area (Å²) in [4.78, 5) is 27.6. The highest BCUT2D eigenvalue weighted by Gasteiger charge is 2.35. The van der Waals surface area contributed by atoms with E-state index in [0.717, 1.165) is 50.2 Å². The maximum atomic E-state index is 12.3. The molecule has 1 saturated heterocycles. The van der Waals surface area contributed by atoms with Gasteiger partial charge < -0.3 is 19.8 Å². The van der Waals surface area contributed by atoms with Crippen molar-refractivity contribution in [2.75, 3.05) is 19.6 Å². The van der Waals surface area contributed by atoms with Crippen molar-refractivity contribution < 1.29 is 19.2 Å². The van der Waals surface area contributed by atoms with Gasteiger partial charge in [-0.3, -0.25) is 9.59 Å². The van der Waals surface area contributed by atoms with Crippen LogP contribution in [-0.2, 0) is 4.79 Å². The van der Waals surface area contributed by atoms with Gasteiger partial charge in [0.15, 0.2) is 11.5 Å². The second-order valence-corrected chi connectivity index (χ2v) is 9.38. The molecule has 0 unspecified atom stereocenters. The average molecular weight is 432 g/mol. The molecule has 2 fully saturated rings. The van der Waals surface area contributed by atoms with Gasteiger partial charge in [0.1, 0.15) is 5.69 Å². The van der Waals surface area contributed by atoms with Gasteiger partial charge in [-0.2, -0.15) is 0 Å². The van der Waals surface area contributed by atoms with Gasteiger partial charge in [0.05, 0.1) is 16.9 Å². The summed E-state index contributed by atoms with van der Waals surface area (Å²) in [6, 6.07) is 5.80. The topological polar surface area (TPSA) is 95.7 Å². The molecule has 0 atom stereocenters. The molecule has 7 nitrogen and oxygen atoms in total.